The Morgan fingerprint density at radius 2 is 1.89 bits per heavy atom. The number of rotatable bonds is 9. The third kappa shape index (κ3) is 4.09. The summed E-state index contributed by atoms with van der Waals surface area (Å²) < 4.78 is 28.5. The predicted molar refractivity (Wildman–Crippen MR) is 71.6 cm³/mol. The predicted octanol–water partition coefficient (Wildman–Crippen LogP) is 2.88. The largest absolute Gasteiger partial charge is 0.386 e. The lowest BCUT2D eigenvalue weighted by atomic mass is 10.3. The van der Waals surface area contributed by atoms with Crippen LogP contribution in [0.25, 0.3) is 0 Å². The summed E-state index contributed by atoms with van der Waals surface area (Å²) in [5.74, 6) is 0. The molecule has 0 saturated carbocycles. The summed E-state index contributed by atoms with van der Waals surface area (Å²) >= 11 is 0. The molecule has 0 aromatic heterocycles. The molecule has 1 aliphatic carbocycles. The Hall–Kier alpha value is -0.350. The Bertz CT molecular complexity index is 320. The van der Waals surface area contributed by atoms with Gasteiger partial charge in [0, 0.05) is 19.4 Å². The number of allylic oxidation sites excluding steroid dienone is 2. The average molecular weight is 277 g/mol. The Balaban J connectivity index is 2.79. The highest BCUT2D eigenvalue weighted by Crippen LogP contribution is 2.60. The first-order chi connectivity index (χ1) is 8.68. The van der Waals surface area contributed by atoms with Crippen LogP contribution in [0.15, 0.2) is 11.0 Å². The molecule has 1 N–H and O–H groups in total. The van der Waals surface area contributed by atoms with Gasteiger partial charge >= 0.3 is 7.60 Å². The van der Waals surface area contributed by atoms with Crippen LogP contribution < -0.4 is 5.32 Å². The van der Waals surface area contributed by atoms with Crippen molar-refractivity contribution in [2.45, 2.75) is 33.1 Å². The first kappa shape index (κ1) is 15.7. The van der Waals surface area contributed by atoms with Gasteiger partial charge in [-0.05, 0) is 33.1 Å². The molecule has 0 unspecified atom stereocenters. The van der Waals surface area contributed by atoms with Gasteiger partial charge in [0.2, 0.25) is 0 Å². The Morgan fingerprint density at radius 1 is 1.22 bits per heavy atom. The summed E-state index contributed by atoms with van der Waals surface area (Å²) in [4.78, 5) is 0. The number of hydrogen-bond donors (Lipinski definition) is 1. The van der Waals surface area contributed by atoms with E-state index in [0.717, 1.165) is 30.3 Å². The standard InChI is InChI=1S/C12H24NO4P/c1-4-16-18(14,17-5-2)12-8-6-7-11(12)13-9-10-15-3/h13H,4-10H2,1-3H3. The van der Waals surface area contributed by atoms with Crippen molar-refractivity contribution in [3.05, 3.63) is 11.0 Å². The van der Waals surface area contributed by atoms with E-state index in [2.05, 4.69) is 5.32 Å². The lowest BCUT2D eigenvalue weighted by molar-refractivity contribution is 0.201. The second kappa shape index (κ2) is 7.95. The molecule has 0 atom stereocenters. The minimum Gasteiger partial charge on any atom is -0.386 e. The number of hydrogen-bond acceptors (Lipinski definition) is 5. The molecule has 1 aliphatic rings. The summed E-state index contributed by atoms with van der Waals surface area (Å²) in [6.07, 6.45) is 2.69. The molecule has 0 amide bonds. The van der Waals surface area contributed by atoms with Crippen LogP contribution in [0, 0.1) is 0 Å². The van der Waals surface area contributed by atoms with E-state index >= 15 is 0 Å². The molecule has 0 aromatic carbocycles. The zero-order chi connectivity index (χ0) is 13.4. The third-order valence-electron chi connectivity index (χ3n) is 2.76. The van der Waals surface area contributed by atoms with Crippen molar-refractivity contribution in [3.63, 3.8) is 0 Å². The molecule has 1 rings (SSSR count). The summed E-state index contributed by atoms with van der Waals surface area (Å²) in [7, 11) is -1.43. The first-order valence-corrected chi connectivity index (χ1v) is 8.06. The van der Waals surface area contributed by atoms with Gasteiger partial charge in [-0.1, -0.05) is 0 Å². The first-order valence-electron chi connectivity index (χ1n) is 6.52. The molecule has 0 saturated heterocycles. The molecule has 0 heterocycles. The fourth-order valence-electron chi connectivity index (χ4n) is 2.06. The second-order valence-corrected chi connectivity index (χ2v) is 6.08. The summed E-state index contributed by atoms with van der Waals surface area (Å²) in [5.41, 5.74) is 1.01. The Kier molecular flexibility index (Phi) is 6.94. The zero-order valence-corrected chi connectivity index (χ0v) is 12.4. The third-order valence-corrected chi connectivity index (χ3v) is 5.11. The van der Waals surface area contributed by atoms with Crippen LogP contribution in [0.3, 0.4) is 0 Å². The molecule has 0 aromatic rings. The lowest BCUT2D eigenvalue weighted by Crippen LogP contribution is -2.19. The van der Waals surface area contributed by atoms with Crippen LogP contribution in [0.4, 0.5) is 0 Å². The van der Waals surface area contributed by atoms with Crippen LogP contribution in [0.1, 0.15) is 33.1 Å². The maximum absolute atomic E-state index is 12.7. The molecule has 0 radical (unpaired) electrons. The zero-order valence-electron chi connectivity index (χ0n) is 11.5. The summed E-state index contributed by atoms with van der Waals surface area (Å²) in [6.45, 7) is 5.80. The van der Waals surface area contributed by atoms with Gasteiger partial charge in [-0.2, -0.15) is 0 Å². The van der Waals surface area contributed by atoms with Crippen molar-refractivity contribution in [3.8, 4) is 0 Å². The van der Waals surface area contributed by atoms with Gasteiger partial charge in [0.05, 0.1) is 25.1 Å². The smallest absolute Gasteiger partial charge is 0.359 e. The van der Waals surface area contributed by atoms with Crippen LogP contribution in [0.5, 0.6) is 0 Å². The lowest BCUT2D eigenvalue weighted by Gasteiger charge is -2.20. The van der Waals surface area contributed by atoms with Gasteiger partial charge in [-0.25, -0.2) is 0 Å². The molecule has 0 fully saturated rings. The van der Waals surface area contributed by atoms with Crippen molar-refractivity contribution in [1.82, 2.24) is 5.32 Å². The van der Waals surface area contributed by atoms with Crippen molar-refractivity contribution in [1.29, 1.82) is 0 Å². The monoisotopic (exact) mass is 277 g/mol. The van der Waals surface area contributed by atoms with E-state index in [1.807, 2.05) is 13.8 Å². The summed E-state index contributed by atoms with van der Waals surface area (Å²) in [5, 5.41) is 4.10. The van der Waals surface area contributed by atoms with Gasteiger partial charge in [-0.3, -0.25) is 4.57 Å². The number of nitrogens with one attached hydrogen (secondary N) is 1. The fraction of sp³-hybridized carbons (Fsp3) is 0.833. The second-order valence-electron chi connectivity index (χ2n) is 4.03. The van der Waals surface area contributed by atoms with Crippen molar-refractivity contribution in [2.75, 3.05) is 33.5 Å². The van der Waals surface area contributed by atoms with Crippen LogP contribution in [-0.2, 0) is 18.3 Å². The van der Waals surface area contributed by atoms with Crippen molar-refractivity contribution in [2.24, 2.45) is 0 Å². The molecular formula is C12H24NO4P. The van der Waals surface area contributed by atoms with Gasteiger partial charge in [0.15, 0.2) is 0 Å². The molecule has 0 spiro atoms. The van der Waals surface area contributed by atoms with Crippen LogP contribution in [-0.4, -0.2) is 33.5 Å². The number of methoxy groups -OCH3 is 1. The van der Waals surface area contributed by atoms with E-state index in [4.69, 9.17) is 13.8 Å². The normalized spacial score (nSPS) is 16.4. The molecule has 18 heavy (non-hydrogen) atoms. The van der Waals surface area contributed by atoms with Gasteiger partial charge in [0.25, 0.3) is 0 Å². The fourth-order valence-corrected chi connectivity index (χ4v) is 4.08. The highest BCUT2D eigenvalue weighted by atomic mass is 31.2. The maximum atomic E-state index is 12.7. The Labute approximate surface area is 109 Å². The molecule has 106 valence electrons. The highest BCUT2D eigenvalue weighted by Gasteiger charge is 2.34. The van der Waals surface area contributed by atoms with Crippen molar-refractivity contribution < 1.29 is 18.3 Å². The molecule has 0 bridgehead atoms. The van der Waals surface area contributed by atoms with E-state index in [1.54, 1.807) is 7.11 Å². The topological polar surface area (TPSA) is 56.8 Å². The van der Waals surface area contributed by atoms with Crippen LogP contribution >= 0.6 is 7.60 Å². The SMILES string of the molecule is CCOP(=O)(OCC)C1=C(NCCOC)CCC1. The van der Waals surface area contributed by atoms with E-state index in [-0.39, 0.29) is 0 Å². The number of ether oxygens (including phenoxy) is 1. The van der Waals surface area contributed by atoms with Gasteiger partial charge < -0.3 is 19.1 Å². The quantitative estimate of drug-likeness (QED) is 0.519. The minimum atomic E-state index is -3.10. The van der Waals surface area contributed by atoms with Gasteiger partial charge in [0.1, 0.15) is 0 Å². The Morgan fingerprint density at radius 3 is 2.44 bits per heavy atom. The van der Waals surface area contributed by atoms with E-state index in [9.17, 15) is 4.57 Å². The molecule has 6 heteroatoms. The minimum absolute atomic E-state index is 0.395. The van der Waals surface area contributed by atoms with E-state index in [0.29, 0.717) is 26.4 Å². The van der Waals surface area contributed by atoms with Crippen molar-refractivity contribution >= 4 is 7.60 Å². The maximum Gasteiger partial charge on any atom is 0.359 e. The molecule has 0 aliphatic heterocycles. The van der Waals surface area contributed by atoms with Crippen LogP contribution in [0.2, 0.25) is 0 Å². The molecule has 5 nitrogen and oxygen atoms in total. The highest BCUT2D eigenvalue weighted by molar-refractivity contribution is 7.58. The molecular weight excluding hydrogens is 253 g/mol. The van der Waals surface area contributed by atoms with E-state index in [1.165, 1.54) is 0 Å². The summed E-state index contributed by atoms with van der Waals surface area (Å²) in [6, 6.07) is 0. The average Bonchev–Trinajstić information content (AvgIpc) is 2.79. The van der Waals surface area contributed by atoms with E-state index < -0.39 is 7.60 Å². The van der Waals surface area contributed by atoms with Gasteiger partial charge in [-0.15, -0.1) is 0 Å².